The molecule has 1 aromatic heterocycles. The van der Waals surface area contributed by atoms with E-state index in [1.165, 1.54) is 24.3 Å². The molecular weight excluding hydrogens is 419 g/mol. The van der Waals surface area contributed by atoms with Crippen molar-refractivity contribution in [2.24, 2.45) is 0 Å². The van der Waals surface area contributed by atoms with Crippen molar-refractivity contribution >= 4 is 17.5 Å². The Balaban J connectivity index is 1.78. The number of halogens is 4. The largest absolute Gasteiger partial charge is 0.434 e. The number of carbonyl (C=O) groups excluding carboxylic acids is 1. The maximum Gasteiger partial charge on any atom is 0.434 e. The Bertz CT molecular complexity index is 1000. The van der Waals surface area contributed by atoms with Gasteiger partial charge in [-0.05, 0) is 42.3 Å². The fraction of sp³-hybridized carbons (Fsp3) is 0.238. The highest BCUT2D eigenvalue weighted by molar-refractivity contribution is 6.30. The molecule has 5 nitrogen and oxygen atoms in total. The first-order chi connectivity index (χ1) is 14.3. The summed E-state index contributed by atoms with van der Waals surface area (Å²) in [5, 5.41) is 6.68. The molecule has 1 N–H and O–H groups in total. The highest BCUT2D eigenvalue weighted by Crippen LogP contribution is 2.33. The van der Waals surface area contributed by atoms with Crippen LogP contribution in [0.3, 0.4) is 0 Å². The number of rotatable bonds is 7. The normalized spacial score (nSPS) is 11.5. The summed E-state index contributed by atoms with van der Waals surface area (Å²) < 4.78 is 47.1. The zero-order chi connectivity index (χ0) is 21.7. The van der Waals surface area contributed by atoms with E-state index in [1.807, 2.05) is 19.1 Å². The summed E-state index contributed by atoms with van der Waals surface area (Å²) in [5.41, 5.74) is 0.174. The van der Waals surface area contributed by atoms with Crippen LogP contribution in [0.5, 0.6) is 0 Å². The number of nitrogens with zero attached hydrogens (tertiary/aromatic N) is 2. The van der Waals surface area contributed by atoms with Crippen LogP contribution in [0.1, 0.15) is 34.1 Å². The summed E-state index contributed by atoms with van der Waals surface area (Å²) >= 11 is 5.80. The van der Waals surface area contributed by atoms with E-state index < -0.39 is 23.3 Å². The highest BCUT2D eigenvalue weighted by Gasteiger charge is 2.40. The Kier molecular flexibility index (Phi) is 6.79. The average Bonchev–Trinajstić information content (AvgIpc) is 3.17. The monoisotopic (exact) mass is 437 g/mol. The summed E-state index contributed by atoms with van der Waals surface area (Å²) in [6, 6.07) is 13.0. The van der Waals surface area contributed by atoms with Gasteiger partial charge in [0, 0.05) is 18.2 Å². The van der Waals surface area contributed by atoms with Gasteiger partial charge < -0.3 is 10.1 Å². The van der Waals surface area contributed by atoms with Crippen LogP contribution in [0.4, 0.5) is 13.2 Å². The Labute approximate surface area is 176 Å². The van der Waals surface area contributed by atoms with Gasteiger partial charge in [0.05, 0.1) is 24.1 Å². The standard InChI is InChI=1S/C21H19ClF3N3O2/c1-2-30-13-15-5-3-14(4-6-15)11-26-20(29)18-12-27-28(19(18)21(23,24)25)17-9-7-16(22)8-10-17/h3-10,12H,2,11,13H2,1H3,(H,26,29). The van der Waals surface area contributed by atoms with E-state index in [1.54, 1.807) is 12.1 Å². The molecule has 2 aromatic carbocycles. The van der Waals surface area contributed by atoms with Gasteiger partial charge in [-0.25, -0.2) is 4.68 Å². The van der Waals surface area contributed by atoms with Crippen molar-refractivity contribution in [3.8, 4) is 5.69 Å². The van der Waals surface area contributed by atoms with Gasteiger partial charge in [0.15, 0.2) is 5.69 Å². The van der Waals surface area contributed by atoms with Crippen LogP contribution in [0.25, 0.3) is 5.69 Å². The number of ether oxygens (including phenoxy) is 1. The van der Waals surface area contributed by atoms with E-state index in [0.29, 0.717) is 22.9 Å². The molecule has 0 aliphatic heterocycles. The fourth-order valence-electron chi connectivity index (χ4n) is 2.82. The summed E-state index contributed by atoms with van der Waals surface area (Å²) in [6.07, 6.45) is -3.86. The zero-order valence-electron chi connectivity index (χ0n) is 16.0. The minimum absolute atomic E-state index is 0.0805. The number of hydrogen-bond acceptors (Lipinski definition) is 3. The van der Waals surface area contributed by atoms with Crippen LogP contribution in [0, 0.1) is 0 Å². The molecule has 0 aliphatic carbocycles. The summed E-state index contributed by atoms with van der Waals surface area (Å²) in [7, 11) is 0. The number of carbonyl (C=O) groups is 1. The van der Waals surface area contributed by atoms with Gasteiger partial charge in [-0.2, -0.15) is 18.3 Å². The average molecular weight is 438 g/mol. The first-order valence-corrected chi connectivity index (χ1v) is 9.52. The van der Waals surface area contributed by atoms with Gasteiger partial charge in [-0.15, -0.1) is 0 Å². The van der Waals surface area contributed by atoms with Crippen LogP contribution in [-0.2, 0) is 24.1 Å². The SMILES string of the molecule is CCOCc1ccc(CNC(=O)c2cnn(-c3ccc(Cl)cc3)c2C(F)(F)F)cc1. The summed E-state index contributed by atoms with van der Waals surface area (Å²) in [6.45, 7) is 3.05. The lowest BCUT2D eigenvalue weighted by Crippen LogP contribution is -2.26. The summed E-state index contributed by atoms with van der Waals surface area (Å²) in [5.74, 6) is -0.860. The van der Waals surface area contributed by atoms with E-state index in [4.69, 9.17) is 16.3 Å². The Morgan fingerprint density at radius 2 is 1.73 bits per heavy atom. The third-order valence-electron chi connectivity index (χ3n) is 4.30. The van der Waals surface area contributed by atoms with Crippen LogP contribution >= 0.6 is 11.6 Å². The molecule has 0 saturated heterocycles. The summed E-state index contributed by atoms with van der Waals surface area (Å²) in [4.78, 5) is 12.5. The minimum atomic E-state index is -4.77. The molecule has 0 aliphatic rings. The number of benzene rings is 2. The van der Waals surface area contributed by atoms with Crippen LogP contribution < -0.4 is 5.32 Å². The van der Waals surface area contributed by atoms with Gasteiger partial charge in [0.1, 0.15) is 0 Å². The quantitative estimate of drug-likeness (QED) is 0.565. The maximum absolute atomic E-state index is 13.7. The van der Waals surface area contributed by atoms with E-state index in [2.05, 4.69) is 10.4 Å². The van der Waals surface area contributed by atoms with Crippen molar-refractivity contribution in [1.29, 1.82) is 0 Å². The van der Waals surface area contributed by atoms with Crippen molar-refractivity contribution < 1.29 is 22.7 Å². The van der Waals surface area contributed by atoms with Gasteiger partial charge in [-0.3, -0.25) is 4.79 Å². The lowest BCUT2D eigenvalue weighted by molar-refractivity contribution is -0.143. The van der Waals surface area contributed by atoms with Crippen molar-refractivity contribution in [3.63, 3.8) is 0 Å². The number of hydrogen-bond donors (Lipinski definition) is 1. The lowest BCUT2D eigenvalue weighted by atomic mass is 10.1. The van der Waals surface area contributed by atoms with Crippen LogP contribution in [0.2, 0.25) is 5.02 Å². The predicted molar refractivity (Wildman–Crippen MR) is 107 cm³/mol. The smallest absolute Gasteiger partial charge is 0.377 e. The molecule has 0 radical (unpaired) electrons. The number of nitrogens with one attached hydrogen (secondary N) is 1. The molecule has 3 rings (SSSR count). The van der Waals surface area contributed by atoms with Gasteiger partial charge >= 0.3 is 6.18 Å². The molecule has 3 aromatic rings. The fourth-order valence-corrected chi connectivity index (χ4v) is 2.94. The molecule has 0 atom stereocenters. The topological polar surface area (TPSA) is 56.1 Å². The molecule has 0 unspecified atom stereocenters. The second-order valence-electron chi connectivity index (χ2n) is 6.43. The number of aromatic nitrogens is 2. The molecule has 30 heavy (non-hydrogen) atoms. The van der Waals surface area contributed by atoms with Crippen molar-refractivity contribution in [2.75, 3.05) is 6.61 Å². The molecule has 0 bridgehead atoms. The van der Waals surface area contributed by atoms with E-state index in [9.17, 15) is 18.0 Å². The first-order valence-electron chi connectivity index (χ1n) is 9.14. The molecule has 0 spiro atoms. The van der Waals surface area contributed by atoms with Gasteiger partial charge in [0.2, 0.25) is 0 Å². The third kappa shape index (κ3) is 5.20. The molecule has 0 saturated carbocycles. The minimum Gasteiger partial charge on any atom is -0.377 e. The Morgan fingerprint density at radius 3 is 2.33 bits per heavy atom. The van der Waals surface area contributed by atoms with Gasteiger partial charge in [0.25, 0.3) is 5.91 Å². The molecule has 0 fully saturated rings. The van der Waals surface area contributed by atoms with E-state index in [0.717, 1.165) is 17.3 Å². The predicted octanol–water partition coefficient (Wildman–Crippen LogP) is 5.01. The Morgan fingerprint density at radius 1 is 1.10 bits per heavy atom. The highest BCUT2D eigenvalue weighted by atomic mass is 35.5. The molecule has 1 heterocycles. The van der Waals surface area contributed by atoms with Crippen molar-refractivity contribution in [2.45, 2.75) is 26.3 Å². The van der Waals surface area contributed by atoms with Gasteiger partial charge in [-0.1, -0.05) is 35.9 Å². The number of alkyl halides is 3. The Hall–Kier alpha value is -2.84. The van der Waals surface area contributed by atoms with E-state index in [-0.39, 0.29) is 12.2 Å². The first kappa shape index (κ1) is 21.9. The second-order valence-corrected chi connectivity index (χ2v) is 6.87. The molecular formula is C21H19ClF3N3O2. The third-order valence-corrected chi connectivity index (χ3v) is 4.55. The zero-order valence-corrected chi connectivity index (χ0v) is 16.8. The lowest BCUT2D eigenvalue weighted by Gasteiger charge is -2.13. The molecule has 1 amide bonds. The van der Waals surface area contributed by atoms with Crippen molar-refractivity contribution in [1.82, 2.24) is 15.1 Å². The van der Waals surface area contributed by atoms with Crippen LogP contribution in [0.15, 0.2) is 54.7 Å². The van der Waals surface area contributed by atoms with Crippen LogP contribution in [-0.4, -0.2) is 22.3 Å². The molecule has 158 valence electrons. The van der Waals surface area contributed by atoms with Crippen molar-refractivity contribution in [3.05, 3.63) is 82.1 Å². The number of amides is 1. The maximum atomic E-state index is 13.7. The molecule has 9 heteroatoms. The second kappa shape index (κ2) is 9.32. The van der Waals surface area contributed by atoms with E-state index >= 15 is 0 Å².